The minimum absolute atomic E-state index is 0.0154. The molecule has 0 saturated heterocycles. The number of aryl methyl sites for hydroxylation is 9. The lowest BCUT2D eigenvalue weighted by atomic mass is 9.82. The first-order valence-electron chi connectivity index (χ1n) is 24.7. The van der Waals surface area contributed by atoms with Crippen molar-refractivity contribution in [1.29, 1.82) is 0 Å². The zero-order valence-corrected chi connectivity index (χ0v) is 41.6. The molecule has 0 radical (unpaired) electrons. The van der Waals surface area contributed by atoms with E-state index in [1.165, 1.54) is 157 Å². The van der Waals surface area contributed by atoms with Gasteiger partial charge in [-0.25, -0.2) is 0 Å². The van der Waals surface area contributed by atoms with Crippen molar-refractivity contribution in [2.24, 2.45) is 0 Å². The highest BCUT2D eigenvalue weighted by atomic mass is 15.1. The van der Waals surface area contributed by atoms with Crippen LogP contribution in [0.5, 0.6) is 0 Å². The monoisotopic (exact) mass is 862 g/mol. The Balaban J connectivity index is 1.35. The summed E-state index contributed by atoms with van der Waals surface area (Å²) in [5.74, 6) is 0.0154. The molecule has 0 saturated carbocycles. The van der Waals surface area contributed by atoms with Gasteiger partial charge in [0.15, 0.2) is 0 Å². The number of rotatable bonds is 19. The van der Waals surface area contributed by atoms with Crippen LogP contribution in [0.25, 0.3) is 10.8 Å². The Kier molecular flexibility index (Phi) is 15.6. The Bertz CT molecular complexity index is 2520. The molecule has 0 atom stereocenters. The van der Waals surface area contributed by atoms with Crippen LogP contribution >= 0.6 is 0 Å². The van der Waals surface area contributed by atoms with Crippen molar-refractivity contribution in [1.82, 2.24) is 0 Å². The van der Waals surface area contributed by atoms with Crippen molar-refractivity contribution in [3.05, 3.63) is 188 Å². The highest BCUT2D eigenvalue weighted by molar-refractivity contribution is 5.98. The van der Waals surface area contributed by atoms with Crippen molar-refractivity contribution in [3.8, 4) is 0 Å². The molecule has 0 spiro atoms. The van der Waals surface area contributed by atoms with Crippen LogP contribution < -0.4 is 15.1 Å². The standard InChI is InChI=1S/C62H75N3/c1-12-14-16-20-34-64(61-47(8)38-43(4)39-48(61)9)53-28-24-51(25-29-53)59(57-32-33-58(56-23-19-18-22-55(56)57)63-60-45(6)36-42(3)37-46(60)7)52-26-30-54(31-27-52)65(35-21-17-15-13-2)62-49(10)40-44(5)41-50(62)11/h18-19,22-33,36-41,59,63H,12-17,20-21,34-35H2,1-11H3. The fourth-order valence-corrected chi connectivity index (χ4v) is 10.8. The van der Waals surface area contributed by atoms with Crippen LogP contribution in [0.15, 0.2) is 121 Å². The molecule has 0 fully saturated rings. The predicted molar refractivity (Wildman–Crippen MR) is 285 cm³/mol. The lowest BCUT2D eigenvalue weighted by molar-refractivity contribution is 0.667. The SMILES string of the molecule is CCCCCCN(c1ccc(C(c2ccc(N(CCCCCC)c3c(C)cc(C)cc3C)cc2)c2ccc(Nc3c(C)cc(C)cc3C)c3ccccc23)cc1)c1c(C)cc(C)cc1C. The fraction of sp³-hybridized carbons (Fsp3) is 0.355. The van der Waals surface area contributed by atoms with E-state index in [9.17, 15) is 0 Å². The summed E-state index contributed by atoms with van der Waals surface area (Å²) < 4.78 is 0. The largest absolute Gasteiger partial charge is 0.355 e. The van der Waals surface area contributed by atoms with Gasteiger partial charge in [-0.2, -0.15) is 0 Å². The van der Waals surface area contributed by atoms with Gasteiger partial charge < -0.3 is 15.1 Å². The first kappa shape index (κ1) is 47.2. The third-order valence-corrected chi connectivity index (χ3v) is 13.6. The van der Waals surface area contributed by atoms with Crippen LogP contribution in [-0.2, 0) is 0 Å². The molecule has 3 heteroatoms. The number of hydrogen-bond acceptors (Lipinski definition) is 3. The lowest BCUT2D eigenvalue weighted by Gasteiger charge is -2.30. The molecule has 0 aliphatic carbocycles. The Morgan fingerprint density at radius 3 is 1.23 bits per heavy atom. The summed E-state index contributed by atoms with van der Waals surface area (Å²) in [7, 11) is 0. The molecule has 0 bridgehead atoms. The van der Waals surface area contributed by atoms with Crippen molar-refractivity contribution in [2.45, 2.75) is 133 Å². The Labute approximate surface area is 392 Å². The lowest BCUT2D eigenvalue weighted by Crippen LogP contribution is -2.21. The summed E-state index contributed by atoms with van der Waals surface area (Å²) in [6.07, 6.45) is 9.84. The second-order valence-corrected chi connectivity index (χ2v) is 19.2. The van der Waals surface area contributed by atoms with E-state index in [0.717, 1.165) is 18.8 Å². The Morgan fingerprint density at radius 1 is 0.415 bits per heavy atom. The van der Waals surface area contributed by atoms with Gasteiger partial charge in [-0.05, 0) is 161 Å². The highest BCUT2D eigenvalue weighted by Crippen LogP contribution is 2.43. The van der Waals surface area contributed by atoms with Gasteiger partial charge in [0.2, 0.25) is 0 Å². The Morgan fingerprint density at radius 2 is 0.815 bits per heavy atom. The van der Waals surface area contributed by atoms with E-state index in [1.54, 1.807) is 0 Å². The zero-order valence-electron chi connectivity index (χ0n) is 41.6. The Hall–Kier alpha value is -5.80. The van der Waals surface area contributed by atoms with Gasteiger partial charge >= 0.3 is 0 Å². The van der Waals surface area contributed by atoms with Crippen molar-refractivity contribution < 1.29 is 0 Å². The second-order valence-electron chi connectivity index (χ2n) is 19.2. The summed E-state index contributed by atoms with van der Waals surface area (Å²) in [5, 5.41) is 6.39. The van der Waals surface area contributed by atoms with Crippen LogP contribution in [0.2, 0.25) is 0 Å². The summed E-state index contributed by atoms with van der Waals surface area (Å²) in [6, 6.07) is 46.8. The minimum Gasteiger partial charge on any atom is -0.355 e. The molecule has 0 heterocycles. The first-order valence-corrected chi connectivity index (χ1v) is 24.7. The number of benzene rings is 7. The molecule has 0 aliphatic rings. The summed E-state index contributed by atoms with van der Waals surface area (Å²) in [6.45, 7) is 26.7. The van der Waals surface area contributed by atoms with Crippen molar-refractivity contribution in [3.63, 3.8) is 0 Å². The zero-order chi connectivity index (χ0) is 46.2. The summed E-state index contributed by atoms with van der Waals surface area (Å²) >= 11 is 0. The molecule has 7 aromatic carbocycles. The topological polar surface area (TPSA) is 18.5 Å². The maximum Gasteiger partial charge on any atom is 0.0470 e. The van der Waals surface area contributed by atoms with Gasteiger partial charge in [-0.3, -0.25) is 0 Å². The van der Waals surface area contributed by atoms with E-state index in [-0.39, 0.29) is 5.92 Å². The normalized spacial score (nSPS) is 11.4. The molecule has 338 valence electrons. The number of nitrogens with one attached hydrogen (secondary N) is 1. The molecule has 7 aromatic rings. The smallest absolute Gasteiger partial charge is 0.0470 e. The van der Waals surface area contributed by atoms with Gasteiger partial charge in [0.05, 0.1) is 0 Å². The van der Waals surface area contributed by atoms with Crippen LogP contribution in [0.3, 0.4) is 0 Å². The average Bonchev–Trinajstić information content (AvgIpc) is 3.27. The number of nitrogens with zero attached hydrogens (tertiary/aromatic N) is 2. The van der Waals surface area contributed by atoms with Gasteiger partial charge in [0, 0.05) is 58.5 Å². The highest BCUT2D eigenvalue weighted by Gasteiger charge is 2.24. The van der Waals surface area contributed by atoms with Crippen molar-refractivity contribution in [2.75, 3.05) is 28.2 Å². The van der Waals surface area contributed by atoms with E-state index in [0.29, 0.717) is 0 Å². The molecule has 0 aliphatic heterocycles. The average molecular weight is 862 g/mol. The van der Waals surface area contributed by atoms with Crippen LogP contribution in [-0.4, -0.2) is 13.1 Å². The fourth-order valence-electron chi connectivity index (χ4n) is 10.8. The number of anilines is 6. The second kappa shape index (κ2) is 21.5. The molecule has 3 nitrogen and oxygen atoms in total. The summed E-state index contributed by atoms with van der Waals surface area (Å²) in [5.41, 5.74) is 23.2. The summed E-state index contributed by atoms with van der Waals surface area (Å²) in [4.78, 5) is 5.17. The molecule has 0 amide bonds. The van der Waals surface area contributed by atoms with Gasteiger partial charge in [0.1, 0.15) is 0 Å². The number of hydrogen-bond donors (Lipinski definition) is 1. The van der Waals surface area contributed by atoms with E-state index < -0.39 is 0 Å². The molecule has 7 rings (SSSR count). The van der Waals surface area contributed by atoms with E-state index in [1.807, 2.05) is 0 Å². The molecule has 65 heavy (non-hydrogen) atoms. The molecule has 0 unspecified atom stereocenters. The van der Waals surface area contributed by atoms with Crippen molar-refractivity contribution >= 4 is 44.9 Å². The quantitative estimate of drug-likeness (QED) is 0.0645. The van der Waals surface area contributed by atoms with E-state index in [2.05, 4.69) is 213 Å². The molecular weight excluding hydrogens is 787 g/mol. The molecular formula is C62H75N3. The van der Waals surface area contributed by atoms with Gasteiger partial charge in [-0.1, -0.05) is 160 Å². The van der Waals surface area contributed by atoms with E-state index in [4.69, 9.17) is 0 Å². The minimum atomic E-state index is 0.0154. The molecule has 0 aromatic heterocycles. The van der Waals surface area contributed by atoms with Crippen LogP contribution in [0.4, 0.5) is 34.1 Å². The van der Waals surface area contributed by atoms with E-state index >= 15 is 0 Å². The third kappa shape index (κ3) is 10.8. The van der Waals surface area contributed by atoms with Crippen LogP contribution in [0, 0.1) is 62.3 Å². The maximum atomic E-state index is 3.89. The van der Waals surface area contributed by atoms with Crippen LogP contribution in [0.1, 0.15) is 138 Å². The maximum absolute atomic E-state index is 3.89. The predicted octanol–water partition coefficient (Wildman–Crippen LogP) is 18.0. The van der Waals surface area contributed by atoms with Gasteiger partial charge in [0.25, 0.3) is 0 Å². The number of unbranched alkanes of at least 4 members (excludes halogenated alkanes) is 6. The first-order chi connectivity index (χ1) is 31.4. The number of fused-ring (bicyclic) bond motifs is 1. The third-order valence-electron chi connectivity index (χ3n) is 13.6. The molecule has 1 N–H and O–H groups in total. The van der Waals surface area contributed by atoms with Gasteiger partial charge in [-0.15, -0.1) is 0 Å².